The smallest absolute Gasteiger partial charge is 0.246 e. The van der Waals surface area contributed by atoms with Crippen molar-refractivity contribution in [1.82, 2.24) is 14.7 Å². The fourth-order valence-electron chi connectivity index (χ4n) is 3.21. The Hall–Kier alpha value is -2.36. The van der Waals surface area contributed by atoms with Crippen LogP contribution >= 0.6 is 0 Å². The lowest BCUT2D eigenvalue weighted by Crippen LogP contribution is -2.36. The highest BCUT2D eigenvalue weighted by atomic mass is 16.2. The van der Waals surface area contributed by atoms with Gasteiger partial charge in [0.15, 0.2) is 0 Å². The first-order valence-electron chi connectivity index (χ1n) is 8.65. The van der Waals surface area contributed by atoms with Crippen molar-refractivity contribution in [3.63, 3.8) is 0 Å². The summed E-state index contributed by atoms with van der Waals surface area (Å²) < 4.78 is 1.93. The Bertz CT molecular complexity index is 738. The van der Waals surface area contributed by atoms with Crippen molar-refractivity contribution in [2.24, 2.45) is 5.92 Å². The second-order valence-corrected chi connectivity index (χ2v) is 6.67. The quantitative estimate of drug-likeness (QED) is 0.807. The highest BCUT2D eigenvalue weighted by molar-refractivity contribution is 5.92. The average Bonchev–Trinajstić information content (AvgIpc) is 2.88. The number of nitrogens with zero attached hydrogens (tertiary/aromatic N) is 3. The molecule has 4 heteroatoms. The largest absolute Gasteiger partial charge is 0.339 e. The summed E-state index contributed by atoms with van der Waals surface area (Å²) in [4.78, 5) is 14.3. The predicted octanol–water partition coefficient (Wildman–Crippen LogP) is 3.76. The second-order valence-electron chi connectivity index (χ2n) is 6.67. The van der Waals surface area contributed by atoms with E-state index in [2.05, 4.69) is 12.0 Å². The fourth-order valence-corrected chi connectivity index (χ4v) is 3.21. The van der Waals surface area contributed by atoms with Crippen LogP contribution in [0.1, 0.15) is 36.7 Å². The van der Waals surface area contributed by atoms with Crippen LogP contribution in [0.5, 0.6) is 0 Å². The first-order chi connectivity index (χ1) is 11.6. The van der Waals surface area contributed by atoms with E-state index < -0.39 is 0 Å². The number of carbonyl (C=O) groups excluding carboxylic acids is 1. The zero-order valence-corrected chi connectivity index (χ0v) is 14.7. The molecule has 24 heavy (non-hydrogen) atoms. The molecule has 4 nitrogen and oxygen atoms in total. The Morgan fingerprint density at radius 3 is 2.50 bits per heavy atom. The van der Waals surface area contributed by atoms with E-state index in [4.69, 9.17) is 0 Å². The molecule has 1 aromatic carbocycles. The van der Waals surface area contributed by atoms with Gasteiger partial charge in [0, 0.05) is 30.4 Å². The SMILES string of the molecule is Cc1nn(-c2ccccc2)c(C)c1/C=C/C(=O)N1CCC(C)CC1. The highest BCUT2D eigenvalue weighted by Crippen LogP contribution is 2.20. The number of likely N-dealkylation sites (tertiary alicyclic amines) is 1. The zero-order valence-electron chi connectivity index (χ0n) is 14.7. The van der Waals surface area contributed by atoms with Gasteiger partial charge in [0.1, 0.15) is 0 Å². The monoisotopic (exact) mass is 323 g/mol. The number of hydrogen-bond donors (Lipinski definition) is 0. The molecule has 1 fully saturated rings. The third-order valence-electron chi connectivity index (χ3n) is 4.84. The van der Waals surface area contributed by atoms with Crippen LogP contribution in [0.25, 0.3) is 11.8 Å². The predicted molar refractivity (Wildman–Crippen MR) is 97.1 cm³/mol. The molecule has 0 radical (unpaired) electrons. The Labute approximate surface area is 143 Å². The summed E-state index contributed by atoms with van der Waals surface area (Å²) in [5, 5.41) is 4.62. The van der Waals surface area contributed by atoms with Crippen LogP contribution in [-0.2, 0) is 4.79 Å². The zero-order chi connectivity index (χ0) is 17.1. The molecule has 0 spiro atoms. The lowest BCUT2D eigenvalue weighted by Gasteiger charge is -2.29. The van der Waals surface area contributed by atoms with Gasteiger partial charge in [-0.3, -0.25) is 4.79 Å². The van der Waals surface area contributed by atoms with Crippen LogP contribution in [0, 0.1) is 19.8 Å². The first kappa shape index (κ1) is 16.5. The van der Waals surface area contributed by atoms with Crippen LogP contribution in [0.3, 0.4) is 0 Å². The van der Waals surface area contributed by atoms with Crippen molar-refractivity contribution in [2.45, 2.75) is 33.6 Å². The van der Waals surface area contributed by atoms with E-state index in [0.717, 1.165) is 54.5 Å². The van der Waals surface area contributed by atoms with Gasteiger partial charge < -0.3 is 4.90 Å². The summed E-state index contributed by atoms with van der Waals surface area (Å²) in [6, 6.07) is 10.1. The number of hydrogen-bond acceptors (Lipinski definition) is 2. The van der Waals surface area contributed by atoms with Crippen molar-refractivity contribution in [3.8, 4) is 5.69 Å². The first-order valence-corrected chi connectivity index (χ1v) is 8.65. The summed E-state index contributed by atoms with van der Waals surface area (Å²) >= 11 is 0. The summed E-state index contributed by atoms with van der Waals surface area (Å²) in [5.74, 6) is 0.833. The molecule has 3 rings (SSSR count). The second kappa shape index (κ2) is 7.04. The maximum Gasteiger partial charge on any atom is 0.246 e. The van der Waals surface area contributed by atoms with Crippen LogP contribution in [0.15, 0.2) is 36.4 Å². The molecule has 0 N–H and O–H groups in total. The molecule has 0 atom stereocenters. The lowest BCUT2D eigenvalue weighted by molar-refractivity contribution is -0.127. The van der Waals surface area contributed by atoms with Crippen molar-refractivity contribution in [3.05, 3.63) is 53.4 Å². The van der Waals surface area contributed by atoms with E-state index in [1.807, 2.05) is 59.8 Å². The molecule has 0 saturated carbocycles. The van der Waals surface area contributed by atoms with E-state index in [9.17, 15) is 4.79 Å². The van der Waals surface area contributed by atoms with Gasteiger partial charge >= 0.3 is 0 Å². The standard InChI is InChI=1S/C20H25N3O/c1-15-11-13-22(14-12-15)20(24)10-9-19-16(2)21-23(17(19)3)18-7-5-4-6-8-18/h4-10,15H,11-14H2,1-3H3/b10-9+. The average molecular weight is 323 g/mol. The molecule has 0 bridgehead atoms. The topological polar surface area (TPSA) is 38.1 Å². The minimum atomic E-state index is 0.105. The van der Waals surface area contributed by atoms with Gasteiger partial charge in [0.05, 0.1) is 11.4 Å². The molecule has 2 aromatic rings. The van der Waals surface area contributed by atoms with Crippen LogP contribution in [0.2, 0.25) is 0 Å². The van der Waals surface area contributed by atoms with Gasteiger partial charge in [-0.05, 0) is 50.8 Å². The van der Waals surface area contributed by atoms with Crippen LogP contribution in [0.4, 0.5) is 0 Å². The van der Waals surface area contributed by atoms with Gasteiger partial charge in [0.25, 0.3) is 0 Å². The highest BCUT2D eigenvalue weighted by Gasteiger charge is 2.18. The van der Waals surface area contributed by atoms with E-state index in [1.54, 1.807) is 6.08 Å². The van der Waals surface area contributed by atoms with Crippen LogP contribution in [-0.4, -0.2) is 33.7 Å². The summed E-state index contributed by atoms with van der Waals surface area (Å²) in [6.07, 6.45) is 5.81. The summed E-state index contributed by atoms with van der Waals surface area (Å²) in [6.45, 7) is 8.01. The molecule has 1 saturated heterocycles. The number of para-hydroxylation sites is 1. The van der Waals surface area contributed by atoms with Gasteiger partial charge in [0.2, 0.25) is 5.91 Å². The minimum absolute atomic E-state index is 0.105. The van der Waals surface area contributed by atoms with E-state index >= 15 is 0 Å². The van der Waals surface area contributed by atoms with Crippen LogP contribution < -0.4 is 0 Å². The molecule has 0 aliphatic carbocycles. The maximum atomic E-state index is 12.4. The molecule has 1 amide bonds. The van der Waals surface area contributed by atoms with Gasteiger partial charge in [-0.2, -0.15) is 5.10 Å². The molecule has 1 aliphatic rings. The normalized spacial score (nSPS) is 16.0. The van der Waals surface area contributed by atoms with Gasteiger partial charge in [-0.1, -0.05) is 25.1 Å². The Morgan fingerprint density at radius 2 is 1.83 bits per heavy atom. The van der Waals surface area contributed by atoms with E-state index in [1.165, 1.54) is 0 Å². The Morgan fingerprint density at radius 1 is 1.17 bits per heavy atom. The number of carbonyl (C=O) groups is 1. The number of benzene rings is 1. The third kappa shape index (κ3) is 3.42. The van der Waals surface area contributed by atoms with Crippen molar-refractivity contribution in [2.75, 3.05) is 13.1 Å². The maximum absolute atomic E-state index is 12.4. The molecule has 0 unspecified atom stereocenters. The molecule has 1 aromatic heterocycles. The third-order valence-corrected chi connectivity index (χ3v) is 4.84. The lowest BCUT2D eigenvalue weighted by atomic mass is 9.99. The van der Waals surface area contributed by atoms with Crippen molar-refractivity contribution >= 4 is 12.0 Å². The van der Waals surface area contributed by atoms with Gasteiger partial charge in [-0.15, -0.1) is 0 Å². The van der Waals surface area contributed by atoms with E-state index in [0.29, 0.717) is 0 Å². The molecule has 2 heterocycles. The van der Waals surface area contributed by atoms with Gasteiger partial charge in [-0.25, -0.2) is 4.68 Å². The molecular formula is C20H25N3O. The Kier molecular flexibility index (Phi) is 4.84. The Balaban J connectivity index is 1.78. The number of aryl methyl sites for hydroxylation is 1. The van der Waals surface area contributed by atoms with E-state index in [-0.39, 0.29) is 5.91 Å². The van der Waals surface area contributed by atoms with Crippen molar-refractivity contribution in [1.29, 1.82) is 0 Å². The number of rotatable bonds is 3. The number of amides is 1. The fraction of sp³-hybridized carbons (Fsp3) is 0.400. The summed E-state index contributed by atoms with van der Waals surface area (Å²) in [5.41, 5.74) is 4.05. The van der Waals surface area contributed by atoms with Crippen molar-refractivity contribution < 1.29 is 4.79 Å². The summed E-state index contributed by atoms with van der Waals surface area (Å²) in [7, 11) is 0. The minimum Gasteiger partial charge on any atom is -0.339 e. The molecule has 1 aliphatic heterocycles. The molecule has 126 valence electrons. The number of piperidine rings is 1. The number of aromatic nitrogens is 2. The molecular weight excluding hydrogens is 298 g/mol.